The highest BCUT2D eigenvalue weighted by Crippen LogP contribution is 2.08. The molecule has 4 heteroatoms. The fourth-order valence-corrected chi connectivity index (χ4v) is 1.35. The average molecular weight is 248 g/mol. The van der Waals surface area contributed by atoms with E-state index in [9.17, 15) is 4.79 Å². The summed E-state index contributed by atoms with van der Waals surface area (Å²) in [6.07, 6.45) is 1.07. The van der Waals surface area contributed by atoms with Gasteiger partial charge in [0.15, 0.2) is 0 Å². The number of hydrazone groups is 1. The first-order valence-corrected chi connectivity index (χ1v) is 5.87. The summed E-state index contributed by atoms with van der Waals surface area (Å²) in [4.78, 5) is 11.4. The number of carbonyl (C=O) groups excluding carboxylic acids is 1. The second kappa shape index (κ2) is 5.67. The fraction of sp³-hybridized carbons (Fsp3) is 0.429. The van der Waals surface area contributed by atoms with E-state index < -0.39 is 11.7 Å². The van der Waals surface area contributed by atoms with Crippen LogP contribution >= 0.6 is 0 Å². The van der Waals surface area contributed by atoms with Crippen LogP contribution in [0.15, 0.2) is 23.3 Å². The van der Waals surface area contributed by atoms with Crippen molar-refractivity contribution in [3.05, 3.63) is 34.9 Å². The van der Waals surface area contributed by atoms with Crippen LogP contribution in [0.5, 0.6) is 0 Å². The minimum atomic E-state index is -0.552. The van der Waals surface area contributed by atoms with Gasteiger partial charge in [0.1, 0.15) is 5.60 Å². The minimum absolute atomic E-state index is 0.515. The Morgan fingerprint density at radius 3 is 2.61 bits per heavy atom. The Morgan fingerprint density at radius 1 is 1.33 bits per heavy atom. The van der Waals surface area contributed by atoms with Crippen molar-refractivity contribution in [1.29, 1.82) is 0 Å². The summed E-state index contributed by atoms with van der Waals surface area (Å²) in [5.41, 5.74) is 5.06. The molecule has 4 nitrogen and oxygen atoms in total. The van der Waals surface area contributed by atoms with Gasteiger partial charge in [0, 0.05) is 0 Å². The monoisotopic (exact) mass is 248 g/mol. The molecule has 0 saturated heterocycles. The van der Waals surface area contributed by atoms with Gasteiger partial charge in [-0.15, -0.1) is 0 Å². The van der Waals surface area contributed by atoms with E-state index in [4.69, 9.17) is 4.74 Å². The van der Waals surface area contributed by atoms with E-state index in [2.05, 4.69) is 10.5 Å². The molecule has 0 heterocycles. The van der Waals surface area contributed by atoms with Crippen LogP contribution in [-0.2, 0) is 4.74 Å². The molecule has 0 saturated carbocycles. The van der Waals surface area contributed by atoms with E-state index in [1.165, 1.54) is 0 Å². The molecule has 1 aromatic carbocycles. The molecule has 18 heavy (non-hydrogen) atoms. The molecule has 1 rings (SSSR count). The molecule has 0 spiro atoms. The van der Waals surface area contributed by atoms with Crippen LogP contribution in [0.1, 0.15) is 37.5 Å². The normalized spacial score (nSPS) is 11.6. The van der Waals surface area contributed by atoms with Crippen molar-refractivity contribution in [2.45, 2.75) is 40.2 Å². The van der Waals surface area contributed by atoms with Crippen molar-refractivity contribution < 1.29 is 9.53 Å². The first kappa shape index (κ1) is 14.2. The van der Waals surface area contributed by atoms with Gasteiger partial charge < -0.3 is 4.74 Å². The van der Waals surface area contributed by atoms with Crippen molar-refractivity contribution in [3.8, 4) is 0 Å². The second-order valence-corrected chi connectivity index (χ2v) is 5.23. The summed E-state index contributed by atoms with van der Waals surface area (Å²) < 4.78 is 5.07. The molecular formula is C14H20N2O2. The zero-order valence-electron chi connectivity index (χ0n) is 11.6. The third kappa shape index (κ3) is 4.99. The fourth-order valence-electron chi connectivity index (χ4n) is 1.35. The van der Waals surface area contributed by atoms with Gasteiger partial charge in [0.2, 0.25) is 0 Å². The van der Waals surface area contributed by atoms with Gasteiger partial charge in [0.05, 0.1) is 6.21 Å². The van der Waals surface area contributed by atoms with Gasteiger partial charge in [-0.3, -0.25) is 0 Å². The molecule has 0 aliphatic heterocycles. The molecule has 0 fully saturated rings. The Labute approximate surface area is 108 Å². The smallest absolute Gasteiger partial charge is 0.428 e. The number of rotatable bonds is 2. The number of ether oxygens (including phenoxy) is 1. The molecule has 1 amide bonds. The average Bonchev–Trinajstić information content (AvgIpc) is 2.20. The Bertz CT molecular complexity index is 459. The van der Waals surface area contributed by atoms with E-state index in [-0.39, 0.29) is 0 Å². The largest absolute Gasteiger partial charge is 0.443 e. The number of benzene rings is 1. The molecular weight excluding hydrogens is 228 g/mol. The molecule has 0 radical (unpaired) electrons. The Balaban J connectivity index is 2.60. The van der Waals surface area contributed by atoms with E-state index in [0.29, 0.717) is 0 Å². The summed E-state index contributed by atoms with van der Waals surface area (Å²) in [6.45, 7) is 9.43. The van der Waals surface area contributed by atoms with Crippen LogP contribution in [0.25, 0.3) is 0 Å². The van der Waals surface area contributed by atoms with E-state index in [1.807, 2.05) is 32.0 Å². The predicted octanol–water partition coefficient (Wildman–Crippen LogP) is 3.16. The maximum atomic E-state index is 11.4. The van der Waals surface area contributed by atoms with Crippen molar-refractivity contribution >= 4 is 12.3 Å². The standard InChI is InChI=1S/C14H20N2O2/c1-10-6-7-11(2)12(8-10)9-15-16-13(17)18-14(3,4)5/h6-9H,1-5H3,(H,16,17)/b15-9-. The van der Waals surface area contributed by atoms with Gasteiger partial charge in [0.25, 0.3) is 0 Å². The van der Waals surface area contributed by atoms with Crippen LogP contribution in [-0.4, -0.2) is 17.9 Å². The number of aryl methyl sites for hydroxylation is 2. The Morgan fingerprint density at radius 2 is 2.00 bits per heavy atom. The lowest BCUT2D eigenvalue weighted by atomic mass is 10.1. The van der Waals surface area contributed by atoms with Crippen molar-refractivity contribution in [2.24, 2.45) is 5.10 Å². The highest BCUT2D eigenvalue weighted by atomic mass is 16.6. The number of amides is 1. The topological polar surface area (TPSA) is 50.7 Å². The van der Waals surface area contributed by atoms with E-state index >= 15 is 0 Å². The number of nitrogens with one attached hydrogen (secondary N) is 1. The van der Waals surface area contributed by atoms with Crippen LogP contribution in [0.4, 0.5) is 4.79 Å². The summed E-state index contributed by atoms with van der Waals surface area (Å²) in [7, 11) is 0. The molecule has 0 aliphatic carbocycles. The molecule has 98 valence electrons. The molecule has 0 atom stereocenters. The maximum absolute atomic E-state index is 11.4. The third-order valence-electron chi connectivity index (χ3n) is 2.19. The maximum Gasteiger partial charge on any atom is 0.428 e. The van der Waals surface area contributed by atoms with Gasteiger partial charge in [-0.25, -0.2) is 10.2 Å². The van der Waals surface area contributed by atoms with Crippen molar-refractivity contribution in [1.82, 2.24) is 5.43 Å². The first-order valence-electron chi connectivity index (χ1n) is 5.87. The van der Waals surface area contributed by atoms with Gasteiger partial charge in [-0.05, 0) is 45.7 Å². The highest BCUT2D eigenvalue weighted by molar-refractivity contribution is 5.82. The Hall–Kier alpha value is -1.84. The van der Waals surface area contributed by atoms with Crippen molar-refractivity contribution in [2.75, 3.05) is 0 Å². The number of carbonyl (C=O) groups is 1. The molecule has 1 N–H and O–H groups in total. The summed E-state index contributed by atoms with van der Waals surface area (Å²) in [6, 6.07) is 6.06. The molecule has 0 bridgehead atoms. The van der Waals surface area contributed by atoms with Crippen molar-refractivity contribution in [3.63, 3.8) is 0 Å². The Kier molecular flexibility index (Phi) is 4.48. The zero-order valence-corrected chi connectivity index (χ0v) is 11.6. The van der Waals surface area contributed by atoms with Crippen LogP contribution < -0.4 is 5.43 Å². The minimum Gasteiger partial charge on any atom is -0.443 e. The van der Waals surface area contributed by atoms with Gasteiger partial charge in [-0.1, -0.05) is 23.8 Å². The van der Waals surface area contributed by atoms with Crippen LogP contribution in [0.3, 0.4) is 0 Å². The SMILES string of the molecule is Cc1ccc(C)c(/C=N\NC(=O)OC(C)(C)C)c1. The number of hydrogen-bond acceptors (Lipinski definition) is 3. The molecule has 0 aliphatic rings. The van der Waals surface area contributed by atoms with E-state index in [1.54, 1.807) is 27.0 Å². The van der Waals surface area contributed by atoms with Gasteiger partial charge >= 0.3 is 6.09 Å². The summed E-state index contributed by atoms with van der Waals surface area (Å²) in [5, 5.41) is 3.88. The van der Waals surface area contributed by atoms with Crippen LogP contribution in [0, 0.1) is 13.8 Å². The molecule has 0 unspecified atom stereocenters. The molecule has 0 aromatic heterocycles. The number of nitrogens with zero attached hydrogens (tertiary/aromatic N) is 1. The summed E-state index contributed by atoms with van der Waals surface area (Å²) >= 11 is 0. The lowest BCUT2D eigenvalue weighted by Gasteiger charge is -2.18. The first-order chi connectivity index (χ1) is 8.28. The third-order valence-corrected chi connectivity index (χ3v) is 2.19. The highest BCUT2D eigenvalue weighted by Gasteiger charge is 2.15. The quantitative estimate of drug-likeness (QED) is 0.645. The zero-order chi connectivity index (χ0) is 13.8. The second-order valence-electron chi connectivity index (χ2n) is 5.23. The van der Waals surface area contributed by atoms with E-state index in [0.717, 1.165) is 16.7 Å². The lowest BCUT2D eigenvalue weighted by Crippen LogP contribution is -2.29. The van der Waals surface area contributed by atoms with Gasteiger partial charge in [-0.2, -0.15) is 5.10 Å². The number of hydrogen-bond donors (Lipinski definition) is 1. The van der Waals surface area contributed by atoms with Crippen LogP contribution in [0.2, 0.25) is 0 Å². The summed E-state index contributed by atoms with van der Waals surface area (Å²) in [5.74, 6) is 0. The lowest BCUT2D eigenvalue weighted by molar-refractivity contribution is 0.0529. The molecule has 1 aromatic rings. The predicted molar refractivity (Wildman–Crippen MR) is 72.9 cm³/mol.